The fraction of sp³-hybridized carbons (Fsp3) is 0.647. The monoisotopic (exact) mass is 408 g/mol. The minimum atomic E-state index is -3.54. The summed E-state index contributed by atoms with van der Waals surface area (Å²) in [6.45, 7) is 5.26. The maximum Gasteiger partial charge on any atom is 0.407 e. The van der Waals surface area contributed by atoms with Crippen molar-refractivity contribution >= 4 is 27.5 Å². The highest BCUT2D eigenvalue weighted by atomic mass is 32.2. The van der Waals surface area contributed by atoms with Crippen LogP contribution in [0.25, 0.3) is 5.78 Å². The SMILES string of the molecule is CC(C)c1cc(NC[C@@H]2CC3CC2CN3C(=O)O)n2nc(S(C)(=O)=O)nc2n1. The summed E-state index contributed by atoms with van der Waals surface area (Å²) < 4.78 is 25.1. The van der Waals surface area contributed by atoms with Gasteiger partial charge in [0.05, 0.1) is 5.69 Å². The number of anilines is 1. The molecule has 3 atom stereocenters. The number of nitrogens with zero attached hydrogens (tertiary/aromatic N) is 5. The molecule has 0 spiro atoms. The van der Waals surface area contributed by atoms with Crippen molar-refractivity contribution in [2.24, 2.45) is 11.8 Å². The van der Waals surface area contributed by atoms with E-state index in [0.29, 0.717) is 30.7 Å². The van der Waals surface area contributed by atoms with E-state index in [0.717, 1.165) is 24.8 Å². The van der Waals surface area contributed by atoms with Gasteiger partial charge in [0.2, 0.25) is 9.84 Å². The number of hydrogen-bond donors (Lipinski definition) is 2. The molecule has 1 aliphatic heterocycles. The number of carboxylic acid groups (broad SMARTS) is 1. The van der Waals surface area contributed by atoms with Crippen molar-refractivity contribution in [1.82, 2.24) is 24.5 Å². The Hall–Kier alpha value is -2.43. The smallest absolute Gasteiger partial charge is 0.407 e. The second kappa shape index (κ2) is 6.57. The Balaban J connectivity index is 1.58. The van der Waals surface area contributed by atoms with Crippen LogP contribution in [-0.2, 0) is 9.84 Å². The van der Waals surface area contributed by atoms with Gasteiger partial charge in [0.1, 0.15) is 5.82 Å². The third kappa shape index (κ3) is 3.27. The van der Waals surface area contributed by atoms with E-state index in [-0.39, 0.29) is 22.9 Å². The quantitative estimate of drug-likeness (QED) is 0.760. The second-order valence-corrected chi connectivity index (χ2v) is 9.97. The molecule has 28 heavy (non-hydrogen) atoms. The number of hydrogen-bond acceptors (Lipinski definition) is 7. The molecule has 1 amide bonds. The summed E-state index contributed by atoms with van der Waals surface area (Å²) in [6.07, 6.45) is 1.97. The van der Waals surface area contributed by atoms with Crippen molar-refractivity contribution in [3.05, 3.63) is 11.8 Å². The Morgan fingerprint density at radius 3 is 2.68 bits per heavy atom. The second-order valence-electron chi connectivity index (χ2n) is 8.06. The number of nitrogens with one attached hydrogen (secondary N) is 1. The van der Waals surface area contributed by atoms with Crippen LogP contribution in [0, 0.1) is 11.8 Å². The molecule has 1 aliphatic carbocycles. The third-order valence-corrected chi connectivity index (χ3v) is 6.55. The standard InChI is InChI=1S/C17H24N6O4S/c1-9(2)13-6-14(23-15(19-13)20-16(21-23)28(3,26)27)18-7-10-4-12-5-11(10)8-22(12)17(24)25/h6,9-12,18H,4-5,7-8H2,1-3H3,(H,24,25)/t10-,11?,12?/m0/s1. The van der Waals surface area contributed by atoms with Crippen LogP contribution < -0.4 is 5.32 Å². The van der Waals surface area contributed by atoms with Crippen LogP contribution in [0.5, 0.6) is 0 Å². The summed E-state index contributed by atoms with van der Waals surface area (Å²) in [6, 6.07) is 1.97. The predicted octanol–water partition coefficient (Wildman–Crippen LogP) is 1.45. The largest absolute Gasteiger partial charge is 0.465 e. The number of fused-ring (bicyclic) bond motifs is 3. The van der Waals surface area contributed by atoms with Gasteiger partial charge in [0.25, 0.3) is 10.9 Å². The Kier molecular flexibility index (Phi) is 4.44. The van der Waals surface area contributed by atoms with Gasteiger partial charge in [-0.15, -0.1) is 5.10 Å². The molecule has 2 bridgehead atoms. The summed E-state index contributed by atoms with van der Waals surface area (Å²) >= 11 is 0. The fourth-order valence-electron chi connectivity index (χ4n) is 4.23. The van der Waals surface area contributed by atoms with Crippen molar-refractivity contribution in [1.29, 1.82) is 0 Å². The zero-order chi connectivity index (χ0) is 20.2. The lowest BCUT2D eigenvalue weighted by Crippen LogP contribution is -2.40. The molecule has 0 radical (unpaired) electrons. The number of carbonyl (C=O) groups is 1. The molecule has 4 rings (SSSR count). The van der Waals surface area contributed by atoms with Gasteiger partial charge in [0, 0.05) is 31.5 Å². The van der Waals surface area contributed by atoms with Crippen LogP contribution in [0.1, 0.15) is 38.3 Å². The van der Waals surface area contributed by atoms with Gasteiger partial charge in [-0.25, -0.2) is 18.2 Å². The van der Waals surface area contributed by atoms with E-state index in [1.807, 2.05) is 19.9 Å². The van der Waals surface area contributed by atoms with Gasteiger partial charge >= 0.3 is 6.09 Å². The van der Waals surface area contributed by atoms with Crippen LogP contribution >= 0.6 is 0 Å². The van der Waals surface area contributed by atoms with Gasteiger partial charge in [0.15, 0.2) is 0 Å². The van der Waals surface area contributed by atoms with Crippen LogP contribution in [-0.4, -0.2) is 69.5 Å². The Morgan fingerprint density at radius 1 is 1.36 bits per heavy atom. The van der Waals surface area contributed by atoms with E-state index in [9.17, 15) is 18.3 Å². The molecule has 1 saturated carbocycles. The van der Waals surface area contributed by atoms with Gasteiger partial charge in [-0.3, -0.25) is 0 Å². The summed E-state index contributed by atoms with van der Waals surface area (Å²) in [7, 11) is -3.54. The van der Waals surface area contributed by atoms with Gasteiger partial charge < -0.3 is 15.3 Å². The molecule has 2 N–H and O–H groups in total. The summed E-state index contributed by atoms with van der Waals surface area (Å²) in [5.41, 5.74) is 0.799. The Bertz CT molecular complexity index is 1030. The van der Waals surface area contributed by atoms with E-state index in [2.05, 4.69) is 20.4 Å². The normalized spacial score (nSPS) is 24.4. The van der Waals surface area contributed by atoms with E-state index >= 15 is 0 Å². The Morgan fingerprint density at radius 2 is 2.11 bits per heavy atom. The molecule has 11 heteroatoms. The molecule has 0 aromatic carbocycles. The summed E-state index contributed by atoms with van der Waals surface area (Å²) in [4.78, 5) is 21.3. The molecule has 1 saturated heterocycles. The highest BCUT2D eigenvalue weighted by Gasteiger charge is 2.46. The van der Waals surface area contributed by atoms with Gasteiger partial charge in [-0.05, 0) is 30.6 Å². The fourth-order valence-corrected chi connectivity index (χ4v) is 4.70. The molecular formula is C17H24N6O4S. The topological polar surface area (TPSA) is 130 Å². The first kappa shape index (κ1) is 18.9. The lowest BCUT2D eigenvalue weighted by Gasteiger charge is -2.29. The first-order chi connectivity index (χ1) is 13.1. The maximum atomic E-state index is 11.8. The number of rotatable bonds is 5. The van der Waals surface area contributed by atoms with E-state index in [4.69, 9.17) is 0 Å². The van der Waals surface area contributed by atoms with Gasteiger partial charge in [-0.1, -0.05) is 13.8 Å². The molecular weight excluding hydrogens is 384 g/mol. The minimum Gasteiger partial charge on any atom is -0.465 e. The third-order valence-electron chi connectivity index (χ3n) is 5.72. The van der Waals surface area contributed by atoms with Crippen LogP contribution in [0.2, 0.25) is 0 Å². The number of sulfone groups is 1. The lowest BCUT2D eigenvalue weighted by molar-refractivity contribution is 0.121. The molecule has 10 nitrogen and oxygen atoms in total. The maximum absolute atomic E-state index is 11.8. The van der Waals surface area contributed by atoms with Gasteiger partial charge in [-0.2, -0.15) is 9.50 Å². The van der Waals surface area contributed by atoms with Crippen molar-refractivity contribution in [2.75, 3.05) is 24.7 Å². The molecule has 2 fully saturated rings. The van der Waals surface area contributed by atoms with Crippen LogP contribution in [0.15, 0.2) is 11.2 Å². The molecule has 3 heterocycles. The van der Waals surface area contributed by atoms with Crippen molar-refractivity contribution in [3.63, 3.8) is 0 Å². The van der Waals surface area contributed by atoms with Crippen molar-refractivity contribution in [3.8, 4) is 0 Å². The molecule has 2 aromatic heterocycles. The van der Waals surface area contributed by atoms with E-state index in [1.54, 1.807) is 4.90 Å². The molecule has 2 unspecified atom stereocenters. The van der Waals surface area contributed by atoms with Crippen LogP contribution in [0.4, 0.5) is 10.6 Å². The summed E-state index contributed by atoms with van der Waals surface area (Å²) in [5, 5.41) is 16.5. The van der Waals surface area contributed by atoms with Crippen LogP contribution in [0.3, 0.4) is 0 Å². The number of amides is 1. The zero-order valence-corrected chi connectivity index (χ0v) is 16.8. The molecule has 2 aliphatic rings. The number of likely N-dealkylation sites (tertiary alicyclic amines) is 1. The first-order valence-corrected chi connectivity index (χ1v) is 11.2. The molecule has 152 valence electrons. The zero-order valence-electron chi connectivity index (χ0n) is 16.0. The first-order valence-electron chi connectivity index (χ1n) is 9.34. The Labute approximate surface area is 162 Å². The number of piperidine rings is 1. The van der Waals surface area contributed by atoms with Crippen molar-refractivity contribution in [2.45, 2.75) is 43.8 Å². The van der Waals surface area contributed by atoms with E-state index < -0.39 is 15.9 Å². The minimum absolute atomic E-state index is 0.0983. The van der Waals surface area contributed by atoms with Crippen molar-refractivity contribution < 1.29 is 18.3 Å². The lowest BCUT2D eigenvalue weighted by atomic mass is 9.94. The molecule has 2 aromatic rings. The highest BCUT2D eigenvalue weighted by Crippen LogP contribution is 2.42. The summed E-state index contributed by atoms with van der Waals surface area (Å²) in [5.74, 6) is 1.76. The predicted molar refractivity (Wildman–Crippen MR) is 101 cm³/mol. The number of aromatic nitrogens is 4. The highest BCUT2D eigenvalue weighted by molar-refractivity contribution is 7.90. The average Bonchev–Trinajstić information content (AvgIpc) is 3.31. The average molecular weight is 408 g/mol. The van der Waals surface area contributed by atoms with E-state index in [1.165, 1.54) is 4.52 Å².